The third kappa shape index (κ3) is 20.7. The molecule has 0 aliphatic carbocycles. The minimum Gasteiger partial charge on any atom is -0.813 e. The zero-order chi connectivity index (χ0) is 8.36. The zero-order valence-corrected chi connectivity index (χ0v) is 17.9. The molecule has 0 aliphatic rings. The Kier molecular flexibility index (Phi) is 32.5. The Balaban J connectivity index is -0.000000500. The molecule has 0 radical (unpaired) electrons. The van der Waals surface area contributed by atoms with Crippen molar-refractivity contribution in [3.63, 3.8) is 0 Å². The van der Waals surface area contributed by atoms with Crippen molar-refractivity contribution in [3.05, 3.63) is 0 Å². The predicted molar refractivity (Wildman–Crippen MR) is 78.8 cm³/mol. The van der Waals surface area contributed by atoms with E-state index in [2.05, 4.69) is 20.0 Å². The quantitative estimate of drug-likeness (QED) is 0.241. The molecule has 0 spiro atoms. The van der Waals surface area contributed by atoms with Gasteiger partial charge in [0, 0.05) is 0 Å². The molecule has 13 heavy (non-hydrogen) atoms. The third-order valence-corrected chi connectivity index (χ3v) is 34.2. The molecule has 0 unspecified atom stereocenters. The van der Waals surface area contributed by atoms with Gasteiger partial charge < -0.3 is 27.0 Å². The van der Waals surface area contributed by atoms with Crippen LogP contribution in [0.15, 0.2) is 0 Å². The molecule has 0 aromatic heterocycles. The maximum Gasteiger partial charge on any atom is -0.813 e. The molecular weight excluding hydrogens is 430 g/mol. The van der Waals surface area contributed by atoms with Crippen molar-refractivity contribution in [1.82, 2.24) is 0 Å². The molecule has 0 bridgehead atoms. The molecule has 5 heteroatoms. The van der Waals surface area contributed by atoms with E-state index in [1.165, 1.54) is 25.7 Å². The van der Waals surface area contributed by atoms with E-state index in [0.29, 0.717) is 0 Å². The van der Waals surface area contributed by atoms with Gasteiger partial charge in [-0.1, -0.05) is 0 Å². The fourth-order valence-corrected chi connectivity index (χ4v) is 33.6. The molecule has 0 saturated carbocycles. The second-order valence-electron chi connectivity index (χ2n) is 2.75. The molecule has 0 amide bonds. The summed E-state index contributed by atoms with van der Waals surface area (Å²) in [6.07, 6.45) is 8.43. The molecule has 0 aliphatic heterocycles. The van der Waals surface area contributed by atoms with Gasteiger partial charge in [0.15, 0.2) is 0 Å². The topological polar surface area (TPSA) is 0 Å². The monoisotopic (exact) mass is 454 g/mol. The standard InChI is InChI=1S/2C4H9.2H2S.S.2Sn.2H/c2*1-3-4-2;;;;;;;/h2*1,3-4H2,2H3;2*1H2;;;;;/q;;;;;2*+1;;/p-2. The Morgan fingerprint density at radius 3 is 1.54 bits per heavy atom. The third-order valence-electron chi connectivity index (χ3n) is 1.54. The van der Waals surface area contributed by atoms with E-state index >= 15 is 0 Å². The first-order valence-electron chi connectivity index (χ1n) is 4.70. The van der Waals surface area contributed by atoms with Crippen molar-refractivity contribution in [3.8, 4) is 0 Å². The smallest absolute Gasteiger partial charge is 0.813 e. The van der Waals surface area contributed by atoms with Crippen molar-refractivity contribution in [2.75, 3.05) is 0 Å². The average Bonchev–Trinajstić information content (AvgIpc) is 2.03. The molecule has 0 rings (SSSR count). The van der Waals surface area contributed by atoms with E-state index in [1.807, 2.05) is 0 Å². The summed E-state index contributed by atoms with van der Waals surface area (Å²) in [7, 11) is 0. The predicted octanol–water partition coefficient (Wildman–Crippen LogP) is 2.32. The van der Waals surface area contributed by atoms with E-state index in [-0.39, 0.29) is 66.5 Å². The van der Waals surface area contributed by atoms with Crippen LogP contribution in [-0.4, -0.2) is 39.5 Å². The van der Waals surface area contributed by atoms with Gasteiger partial charge in [0.05, 0.1) is 0 Å². The van der Waals surface area contributed by atoms with E-state index in [4.69, 9.17) is 0 Å². The second kappa shape index (κ2) is 20.1. The van der Waals surface area contributed by atoms with Crippen molar-refractivity contribution in [2.24, 2.45) is 0 Å². The molecule has 0 nitrogen and oxygen atoms in total. The summed E-state index contributed by atoms with van der Waals surface area (Å²) in [5.74, 6) is 0. The summed E-state index contributed by atoms with van der Waals surface area (Å²) >= 11 is -0.0608. The Bertz CT molecular complexity index is 66.4. The molecule has 0 saturated heterocycles. The fraction of sp³-hybridized carbons (Fsp3) is 1.00. The van der Waals surface area contributed by atoms with Gasteiger partial charge >= 0.3 is 94.1 Å². The number of hydrogen-bond acceptors (Lipinski definition) is 3. The van der Waals surface area contributed by atoms with Gasteiger partial charge in [0.25, 0.3) is 0 Å². The first-order chi connectivity index (χ1) is 5.41. The van der Waals surface area contributed by atoms with Crippen LogP contribution in [-0.2, 0) is 27.0 Å². The van der Waals surface area contributed by atoms with E-state index in [0.717, 1.165) is 0 Å². The first kappa shape index (κ1) is 21.0. The summed E-state index contributed by atoms with van der Waals surface area (Å²) in [6.45, 7) is 4.62. The van der Waals surface area contributed by atoms with Crippen LogP contribution in [0.1, 0.15) is 39.5 Å². The van der Waals surface area contributed by atoms with Crippen LogP contribution in [0.2, 0.25) is 8.87 Å². The van der Waals surface area contributed by atoms with E-state index in [1.54, 1.807) is 8.87 Å². The van der Waals surface area contributed by atoms with Gasteiger partial charge in [-0.3, -0.25) is 0 Å². The van der Waals surface area contributed by atoms with Gasteiger partial charge in [-0.2, -0.15) is 0 Å². The van der Waals surface area contributed by atoms with Crippen molar-refractivity contribution in [1.29, 1.82) is 0 Å². The number of unbranched alkanes of at least 4 members (excludes halogenated alkanes) is 2. The molecule has 0 aromatic carbocycles. The van der Waals surface area contributed by atoms with Crippen LogP contribution in [0, 0.1) is 0 Å². The Morgan fingerprint density at radius 2 is 1.23 bits per heavy atom. The normalized spacial score (nSPS) is 8.15. The first-order valence-corrected chi connectivity index (χ1v) is 18.4. The van der Waals surface area contributed by atoms with Crippen LogP contribution in [0.5, 0.6) is 0 Å². The Morgan fingerprint density at radius 1 is 0.846 bits per heavy atom. The van der Waals surface area contributed by atoms with Crippen LogP contribution in [0.4, 0.5) is 0 Å². The van der Waals surface area contributed by atoms with Gasteiger partial charge in [0.1, 0.15) is 0 Å². The minimum atomic E-state index is -0.0304. The van der Waals surface area contributed by atoms with Gasteiger partial charge in [0.2, 0.25) is 0 Å². The average molecular weight is 452 g/mol. The van der Waals surface area contributed by atoms with Crippen molar-refractivity contribution >= 4 is 72.6 Å². The molecule has 0 fully saturated rings. The molecule has 0 heterocycles. The van der Waals surface area contributed by atoms with E-state index in [9.17, 15) is 0 Å². The Hall–Kier alpha value is 2.65. The largest absolute Gasteiger partial charge is 0.813 e. The van der Waals surface area contributed by atoms with Gasteiger partial charge in [-0.05, 0) is 0 Å². The van der Waals surface area contributed by atoms with E-state index < -0.39 is 0 Å². The molecule has 0 aromatic rings. The van der Waals surface area contributed by atoms with Crippen LogP contribution in [0.3, 0.4) is 0 Å². The molecule has 0 N–H and O–H groups in total. The summed E-state index contributed by atoms with van der Waals surface area (Å²) in [6, 6.07) is 0. The summed E-state index contributed by atoms with van der Waals surface area (Å²) in [5, 5.41) is 0. The molecular formula is C8H22S3Sn2. The van der Waals surface area contributed by atoms with Gasteiger partial charge in [-0.15, -0.1) is 0 Å². The Labute approximate surface area is 119 Å². The summed E-state index contributed by atoms with van der Waals surface area (Å²) in [4.78, 5) is 0. The molecule has 0 atom stereocenters. The summed E-state index contributed by atoms with van der Waals surface area (Å²) < 4.78 is 3.32. The van der Waals surface area contributed by atoms with Crippen LogP contribution >= 0.6 is 6.13 Å². The van der Waals surface area contributed by atoms with Gasteiger partial charge in [-0.25, -0.2) is 0 Å². The van der Waals surface area contributed by atoms with Crippen LogP contribution < -0.4 is 0 Å². The molecule has 80 valence electrons. The van der Waals surface area contributed by atoms with Crippen molar-refractivity contribution in [2.45, 2.75) is 48.4 Å². The van der Waals surface area contributed by atoms with Crippen LogP contribution in [0.25, 0.3) is 0 Å². The fourth-order valence-electron chi connectivity index (χ4n) is 0.779. The maximum absolute atomic E-state index is 2.51. The second-order valence-corrected chi connectivity index (χ2v) is 30.7. The zero-order valence-electron chi connectivity index (χ0n) is 8.70. The number of thiol groups is 2. The minimum absolute atomic E-state index is 0. The SMILES string of the molecule is CCC[CH2][SnH+][S][SnH+][CH2]CCC.[SH-].[SH-]. The maximum atomic E-state index is 2.51. The number of hydrogen-bond donors (Lipinski definition) is 0. The summed E-state index contributed by atoms with van der Waals surface area (Å²) in [5.41, 5.74) is 0. The number of rotatable bonds is 8. The van der Waals surface area contributed by atoms with Crippen molar-refractivity contribution < 1.29 is 0 Å².